The van der Waals surface area contributed by atoms with Crippen molar-refractivity contribution in [1.29, 1.82) is 0 Å². The van der Waals surface area contributed by atoms with Crippen LogP contribution in [-0.2, 0) is 8.85 Å². The van der Waals surface area contributed by atoms with E-state index in [1.165, 1.54) is 51.4 Å². The highest BCUT2D eigenvalue weighted by Crippen LogP contribution is 2.41. The fourth-order valence-electron chi connectivity index (χ4n) is 2.95. The van der Waals surface area contributed by atoms with Gasteiger partial charge >= 0.3 is 8.56 Å². The summed E-state index contributed by atoms with van der Waals surface area (Å²) in [6.07, 6.45) is 10.9. The van der Waals surface area contributed by atoms with Crippen molar-refractivity contribution in [2.24, 2.45) is 0 Å². The van der Waals surface area contributed by atoms with Crippen LogP contribution < -0.4 is 0 Å². The highest BCUT2D eigenvalue weighted by molar-refractivity contribution is 6.70. The Morgan fingerprint density at radius 1 is 0.667 bits per heavy atom. The Labute approximate surface area is 135 Å². The maximum Gasteiger partial charge on any atom is 0.343 e. The number of hydrogen-bond donors (Lipinski definition) is 0. The van der Waals surface area contributed by atoms with Gasteiger partial charge in [0.15, 0.2) is 0 Å². The predicted molar refractivity (Wildman–Crippen MR) is 96.1 cm³/mol. The summed E-state index contributed by atoms with van der Waals surface area (Å²) < 4.78 is 12.4. The molecule has 128 valence electrons. The van der Waals surface area contributed by atoms with Crippen LogP contribution in [0.4, 0.5) is 0 Å². The first kappa shape index (κ1) is 21.1. The van der Waals surface area contributed by atoms with Gasteiger partial charge in [0.2, 0.25) is 0 Å². The highest BCUT2D eigenvalue weighted by Gasteiger charge is 2.48. The van der Waals surface area contributed by atoms with Gasteiger partial charge in [-0.15, -0.1) is 0 Å². The lowest BCUT2D eigenvalue weighted by Crippen LogP contribution is -2.50. The van der Waals surface area contributed by atoms with Gasteiger partial charge in [0, 0.05) is 18.3 Å². The molecule has 3 heteroatoms. The van der Waals surface area contributed by atoms with Gasteiger partial charge in [-0.2, -0.15) is 0 Å². The van der Waals surface area contributed by atoms with E-state index in [4.69, 9.17) is 8.85 Å². The summed E-state index contributed by atoms with van der Waals surface area (Å²) in [6.45, 7) is 14.9. The maximum atomic E-state index is 6.21. The van der Waals surface area contributed by atoms with Crippen LogP contribution in [0.5, 0.6) is 0 Å². The third-order valence-electron chi connectivity index (χ3n) is 4.26. The fourth-order valence-corrected chi connectivity index (χ4v) is 6.59. The lowest BCUT2D eigenvalue weighted by Gasteiger charge is -2.40. The van der Waals surface area contributed by atoms with Gasteiger partial charge in [0.1, 0.15) is 0 Å². The number of unbranched alkanes of at least 4 members (excludes halogenated alkanes) is 7. The standard InChI is InChI=1S/C18H40O2Si/c1-7-10-11-12-13-14-15-16-17-21(19-8-2,20-9-3)18(4,5)6/h7-17H2,1-6H3. The molecule has 0 aliphatic heterocycles. The van der Waals surface area contributed by atoms with Crippen molar-refractivity contribution >= 4 is 8.56 Å². The van der Waals surface area contributed by atoms with E-state index in [9.17, 15) is 0 Å². The molecule has 0 atom stereocenters. The van der Waals surface area contributed by atoms with Crippen LogP contribution in [0, 0.1) is 0 Å². The van der Waals surface area contributed by atoms with Crippen LogP contribution in [-0.4, -0.2) is 21.8 Å². The zero-order valence-corrected chi connectivity index (χ0v) is 16.6. The molecule has 0 aromatic rings. The van der Waals surface area contributed by atoms with Gasteiger partial charge in [-0.3, -0.25) is 0 Å². The summed E-state index contributed by atoms with van der Waals surface area (Å²) >= 11 is 0. The van der Waals surface area contributed by atoms with E-state index in [-0.39, 0.29) is 5.04 Å². The molecular formula is C18H40O2Si. The van der Waals surface area contributed by atoms with Crippen molar-refractivity contribution in [2.45, 2.75) is 104 Å². The fraction of sp³-hybridized carbons (Fsp3) is 1.00. The molecule has 0 aromatic carbocycles. The zero-order valence-electron chi connectivity index (χ0n) is 15.6. The molecule has 0 aromatic heterocycles. The Hall–Kier alpha value is 0.137. The van der Waals surface area contributed by atoms with Gasteiger partial charge in [-0.25, -0.2) is 0 Å². The Kier molecular flexibility index (Phi) is 11.7. The molecule has 0 heterocycles. The number of rotatable bonds is 13. The van der Waals surface area contributed by atoms with Crippen molar-refractivity contribution in [2.75, 3.05) is 13.2 Å². The molecule has 0 radical (unpaired) electrons. The van der Waals surface area contributed by atoms with Crippen LogP contribution in [0.3, 0.4) is 0 Å². The van der Waals surface area contributed by atoms with Crippen LogP contribution >= 0.6 is 0 Å². The van der Waals surface area contributed by atoms with E-state index < -0.39 is 8.56 Å². The van der Waals surface area contributed by atoms with Gasteiger partial charge < -0.3 is 8.85 Å². The monoisotopic (exact) mass is 316 g/mol. The summed E-state index contributed by atoms with van der Waals surface area (Å²) in [6, 6.07) is 1.15. The van der Waals surface area contributed by atoms with Gasteiger partial charge in [0.25, 0.3) is 0 Å². The molecule has 0 saturated heterocycles. The SMILES string of the molecule is CCCCCCCCCC[Si](OCC)(OCC)C(C)(C)C. The van der Waals surface area contributed by atoms with Crippen LogP contribution in [0.15, 0.2) is 0 Å². The van der Waals surface area contributed by atoms with Crippen molar-refractivity contribution in [3.63, 3.8) is 0 Å². The molecule has 0 bridgehead atoms. The van der Waals surface area contributed by atoms with Gasteiger partial charge in [0.05, 0.1) is 0 Å². The second-order valence-corrected chi connectivity index (χ2v) is 11.2. The first-order valence-electron chi connectivity index (χ1n) is 9.21. The molecule has 21 heavy (non-hydrogen) atoms. The first-order valence-corrected chi connectivity index (χ1v) is 11.2. The molecule has 2 nitrogen and oxygen atoms in total. The van der Waals surface area contributed by atoms with E-state index in [1.54, 1.807) is 0 Å². The van der Waals surface area contributed by atoms with Crippen molar-refractivity contribution in [3.05, 3.63) is 0 Å². The molecule has 0 saturated carbocycles. The average Bonchev–Trinajstić information content (AvgIpc) is 2.41. The Morgan fingerprint density at radius 2 is 1.10 bits per heavy atom. The summed E-state index contributed by atoms with van der Waals surface area (Å²) in [5.41, 5.74) is 0. The molecule has 0 fully saturated rings. The van der Waals surface area contributed by atoms with Crippen molar-refractivity contribution in [1.82, 2.24) is 0 Å². The van der Waals surface area contributed by atoms with Crippen molar-refractivity contribution in [3.8, 4) is 0 Å². The minimum atomic E-state index is -2.08. The predicted octanol–water partition coefficient (Wildman–Crippen LogP) is 6.44. The van der Waals surface area contributed by atoms with Crippen LogP contribution in [0.25, 0.3) is 0 Å². The van der Waals surface area contributed by atoms with E-state index in [0.29, 0.717) is 0 Å². The Morgan fingerprint density at radius 3 is 1.48 bits per heavy atom. The van der Waals surface area contributed by atoms with Crippen LogP contribution in [0.1, 0.15) is 92.9 Å². The summed E-state index contributed by atoms with van der Waals surface area (Å²) in [5.74, 6) is 0. The summed E-state index contributed by atoms with van der Waals surface area (Å²) in [4.78, 5) is 0. The Balaban J connectivity index is 4.12. The maximum absolute atomic E-state index is 6.21. The molecule has 0 unspecified atom stereocenters. The average molecular weight is 317 g/mol. The minimum Gasteiger partial charge on any atom is -0.394 e. The van der Waals surface area contributed by atoms with Gasteiger partial charge in [-0.05, 0) is 19.9 Å². The summed E-state index contributed by atoms with van der Waals surface area (Å²) in [7, 11) is -2.08. The first-order chi connectivity index (χ1) is 9.93. The third kappa shape index (κ3) is 8.37. The molecule has 0 N–H and O–H groups in total. The Bertz CT molecular complexity index is 230. The molecule has 0 amide bonds. The zero-order chi connectivity index (χ0) is 16.2. The minimum absolute atomic E-state index is 0.153. The lowest BCUT2D eigenvalue weighted by molar-refractivity contribution is 0.159. The molecule has 0 rings (SSSR count). The second-order valence-electron chi connectivity index (χ2n) is 7.09. The van der Waals surface area contributed by atoms with E-state index >= 15 is 0 Å². The van der Waals surface area contributed by atoms with Gasteiger partial charge in [-0.1, -0.05) is 79.1 Å². The largest absolute Gasteiger partial charge is 0.394 e. The summed E-state index contributed by atoms with van der Waals surface area (Å²) in [5, 5.41) is 0.153. The van der Waals surface area contributed by atoms with E-state index in [2.05, 4.69) is 41.5 Å². The van der Waals surface area contributed by atoms with Crippen molar-refractivity contribution < 1.29 is 8.85 Å². The quantitative estimate of drug-likeness (QED) is 0.287. The van der Waals surface area contributed by atoms with E-state index in [0.717, 1.165) is 19.3 Å². The molecule has 0 aliphatic carbocycles. The smallest absolute Gasteiger partial charge is 0.343 e. The molecule has 0 spiro atoms. The highest BCUT2D eigenvalue weighted by atomic mass is 28.4. The normalized spacial score (nSPS) is 12.9. The second kappa shape index (κ2) is 11.7. The lowest BCUT2D eigenvalue weighted by atomic mass is 10.1. The molecule has 0 aliphatic rings. The van der Waals surface area contributed by atoms with E-state index in [1.807, 2.05) is 0 Å². The topological polar surface area (TPSA) is 18.5 Å². The third-order valence-corrected chi connectivity index (χ3v) is 9.06. The van der Waals surface area contributed by atoms with Crippen LogP contribution in [0.2, 0.25) is 11.1 Å². The molecular weight excluding hydrogens is 276 g/mol. The number of hydrogen-bond acceptors (Lipinski definition) is 2.